The summed E-state index contributed by atoms with van der Waals surface area (Å²) in [7, 11) is 1.71. The Bertz CT molecular complexity index is 566. The normalized spacial score (nSPS) is 24.1. The van der Waals surface area contributed by atoms with E-state index in [2.05, 4.69) is 38.2 Å². The third-order valence-electron chi connectivity index (χ3n) is 4.53. The fourth-order valence-corrected chi connectivity index (χ4v) is 3.48. The van der Waals surface area contributed by atoms with E-state index < -0.39 is 0 Å². The molecule has 1 amide bonds. The van der Waals surface area contributed by atoms with E-state index in [0.717, 1.165) is 24.4 Å². The maximum atomic E-state index is 12.2. The Kier molecular flexibility index (Phi) is 3.01. The summed E-state index contributed by atoms with van der Waals surface area (Å²) >= 11 is 0. The third kappa shape index (κ3) is 1.90. The minimum Gasteiger partial charge on any atom is -0.496 e. The van der Waals surface area contributed by atoms with Crippen molar-refractivity contribution >= 4 is 5.91 Å². The topological polar surface area (TPSA) is 41.6 Å². The molecule has 2 aliphatic heterocycles. The zero-order chi connectivity index (χ0) is 14.5. The molecule has 20 heavy (non-hydrogen) atoms. The van der Waals surface area contributed by atoms with Gasteiger partial charge in [0.05, 0.1) is 19.7 Å². The molecule has 0 saturated carbocycles. The summed E-state index contributed by atoms with van der Waals surface area (Å²) in [6, 6.07) is 4.50. The molecule has 4 heteroatoms. The standard InChI is InChI=1S/C16H22N2O2/c1-10-5-11-12(6-14(10)20-4)16(2,3)9-18-13(11)7-17-8-15(18)19/h5-6,13,17H,7-9H2,1-4H3. The molecule has 108 valence electrons. The molecule has 0 aromatic heterocycles. The van der Waals surface area contributed by atoms with Gasteiger partial charge in [-0.3, -0.25) is 4.79 Å². The Hall–Kier alpha value is -1.55. The van der Waals surface area contributed by atoms with Gasteiger partial charge in [0.15, 0.2) is 0 Å². The van der Waals surface area contributed by atoms with E-state index in [1.54, 1.807) is 7.11 Å². The molecule has 1 aromatic carbocycles. The molecule has 1 fully saturated rings. The van der Waals surface area contributed by atoms with Crippen LogP contribution < -0.4 is 10.1 Å². The van der Waals surface area contributed by atoms with Gasteiger partial charge in [-0.25, -0.2) is 0 Å². The average molecular weight is 274 g/mol. The summed E-state index contributed by atoms with van der Waals surface area (Å²) in [4.78, 5) is 14.2. The number of carbonyl (C=O) groups excluding carboxylic acids is 1. The van der Waals surface area contributed by atoms with Crippen LogP contribution in [0.3, 0.4) is 0 Å². The summed E-state index contributed by atoms with van der Waals surface area (Å²) in [5.41, 5.74) is 3.65. The Morgan fingerprint density at radius 1 is 1.40 bits per heavy atom. The second kappa shape index (κ2) is 4.48. The summed E-state index contributed by atoms with van der Waals surface area (Å²) < 4.78 is 5.47. The molecule has 4 nitrogen and oxygen atoms in total. The van der Waals surface area contributed by atoms with Crippen LogP contribution in [0.15, 0.2) is 12.1 Å². The second-order valence-electron chi connectivity index (χ2n) is 6.46. The average Bonchev–Trinajstić information content (AvgIpc) is 2.39. The molecule has 3 rings (SSSR count). The van der Waals surface area contributed by atoms with Crippen molar-refractivity contribution in [2.45, 2.75) is 32.2 Å². The molecule has 0 radical (unpaired) electrons. The van der Waals surface area contributed by atoms with Gasteiger partial charge in [0, 0.05) is 18.5 Å². The highest BCUT2D eigenvalue weighted by atomic mass is 16.5. The van der Waals surface area contributed by atoms with Crippen molar-refractivity contribution in [2.75, 3.05) is 26.7 Å². The molecule has 1 atom stereocenters. The number of methoxy groups -OCH3 is 1. The third-order valence-corrected chi connectivity index (χ3v) is 4.53. The molecular weight excluding hydrogens is 252 g/mol. The zero-order valence-electron chi connectivity index (χ0n) is 12.6. The molecule has 1 unspecified atom stereocenters. The largest absolute Gasteiger partial charge is 0.496 e. The smallest absolute Gasteiger partial charge is 0.237 e. The predicted molar refractivity (Wildman–Crippen MR) is 78.1 cm³/mol. The Balaban J connectivity index is 2.16. The van der Waals surface area contributed by atoms with E-state index in [1.807, 2.05) is 4.90 Å². The molecule has 0 aliphatic carbocycles. The van der Waals surface area contributed by atoms with E-state index in [4.69, 9.17) is 4.74 Å². The lowest BCUT2D eigenvalue weighted by Crippen LogP contribution is -2.56. The first-order valence-corrected chi connectivity index (χ1v) is 7.13. The SMILES string of the molecule is COc1cc2c(cc1C)C1CNCC(=O)N1CC2(C)C. The highest BCUT2D eigenvalue weighted by Crippen LogP contribution is 2.42. The van der Waals surface area contributed by atoms with Gasteiger partial charge in [0.2, 0.25) is 5.91 Å². The van der Waals surface area contributed by atoms with Gasteiger partial charge < -0.3 is 15.0 Å². The number of nitrogens with zero attached hydrogens (tertiary/aromatic N) is 1. The van der Waals surface area contributed by atoms with Crippen molar-refractivity contribution in [3.05, 3.63) is 28.8 Å². The highest BCUT2D eigenvalue weighted by molar-refractivity contribution is 5.80. The molecule has 1 N–H and O–H groups in total. The van der Waals surface area contributed by atoms with Crippen molar-refractivity contribution in [3.63, 3.8) is 0 Å². The zero-order valence-corrected chi connectivity index (χ0v) is 12.6. The van der Waals surface area contributed by atoms with Crippen LogP contribution in [0.25, 0.3) is 0 Å². The first kappa shape index (κ1) is 13.4. The van der Waals surface area contributed by atoms with Gasteiger partial charge in [-0.05, 0) is 35.7 Å². The monoisotopic (exact) mass is 274 g/mol. The summed E-state index contributed by atoms with van der Waals surface area (Å²) in [6.07, 6.45) is 0. The Morgan fingerprint density at radius 2 is 2.15 bits per heavy atom. The number of nitrogens with one attached hydrogen (secondary N) is 1. The van der Waals surface area contributed by atoms with Crippen molar-refractivity contribution < 1.29 is 9.53 Å². The van der Waals surface area contributed by atoms with Crippen LogP contribution in [-0.2, 0) is 10.2 Å². The molecule has 2 aliphatic rings. The molecule has 1 aromatic rings. The van der Waals surface area contributed by atoms with Gasteiger partial charge in [0.1, 0.15) is 5.75 Å². The van der Waals surface area contributed by atoms with Crippen molar-refractivity contribution in [3.8, 4) is 5.75 Å². The van der Waals surface area contributed by atoms with Crippen molar-refractivity contribution in [1.29, 1.82) is 0 Å². The van der Waals surface area contributed by atoms with Crippen LogP contribution in [0, 0.1) is 6.92 Å². The molecular formula is C16H22N2O2. The van der Waals surface area contributed by atoms with Gasteiger partial charge in [0.25, 0.3) is 0 Å². The fraction of sp³-hybridized carbons (Fsp3) is 0.562. The lowest BCUT2D eigenvalue weighted by Gasteiger charge is -2.47. The van der Waals surface area contributed by atoms with Crippen LogP contribution >= 0.6 is 0 Å². The number of fused-ring (bicyclic) bond motifs is 3. The maximum Gasteiger partial charge on any atom is 0.237 e. The molecule has 0 spiro atoms. The number of ether oxygens (including phenoxy) is 1. The van der Waals surface area contributed by atoms with E-state index in [1.165, 1.54) is 11.1 Å². The lowest BCUT2D eigenvalue weighted by molar-refractivity contribution is -0.136. The lowest BCUT2D eigenvalue weighted by atomic mass is 9.74. The fourth-order valence-electron chi connectivity index (χ4n) is 3.48. The number of carbonyl (C=O) groups is 1. The van der Waals surface area contributed by atoms with Gasteiger partial charge >= 0.3 is 0 Å². The Morgan fingerprint density at radius 3 is 2.85 bits per heavy atom. The minimum atomic E-state index is -0.0419. The summed E-state index contributed by atoms with van der Waals surface area (Å²) in [5, 5.41) is 3.23. The van der Waals surface area contributed by atoms with E-state index in [-0.39, 0.29) is 17.4 Å². The first-order chi connectivity index (χ1) is 9.44. The van der Waals surface area contributed by atoms with Crippen LogP contribution in [0.5, 0.6) is 5.75 Å². The van der Waals surface area contributed by atoms with Crippen LogP contribution in [0.4, 0.5) is 0 Å². The summed E-state index contributed by atoms with van der Waals surface area (Å²) in [6.45, 7) is 8.52. The number of amides is 1. The van der Waals surface area contributed by atoms with Crippen molar-refractivity contribution in [2.24, 2.45) is 0 Å². The van der Waals surface area contributed by atoms with E-state index >= 15 is 0 Å². The van der Waals surface area contributed by atoms with Gasteiger partial charge in [-0.15, -0.1) is 0 Å². The van der Waals surface area contributed by atoms with Crippen LogP contribution in [0.2, 0.25) is 0 Å². The van der Waals surface area contributed by atoms with Gasteiger partial charge in [-0.1, -0.05) is 13.8 Å². The number of piperazine rings is 1. The van der Waals surface area contributed by atoms with E-state index in [9.17, 15) is 4.79 Å². The number of hydrogen-bond acceptors (Lipinski definition) is 3. The van der Waals surface area contributed by atoms with Crippen LogP contribution in [-0.4, -0.2) is 37.6 Å². The van der Waals surface area contributed by atoms with Gasteiger partial charge in [-0.2, -0.15) is 0 Å². The molecule has 0 bridgehead atoms. The highest BCUT2D eigenvalue weighted by Gasteiger charge is 2.41. The minimum absolute atomic E-state index is 0.0419. The predicted octanol–water partition coefficient (Wildman–Crippen LogP) is 1.77. The molecule has 2 heterocycles. The second-order valence-corrected chi connectivity index (χ2v) is 6.46. The van der Waals surface area contributed by atoms with E-state index in [0.29, 0.717) is 6.54 Å². The molecule has 1 saturated heterocycles. The summed E-state index contributed by atoms with van der Waals surface area (Å²) in [5.74, 6) is 1.13. The first-order valence-electron chi connectivity index (χ1n) is 7.13. The quantitative estimate of drug-likeness (QED) is 0.848. The number of aryl methyl sites for hydroxylation is 1. The number of benzene rings is 1. The van der Waals surface area contributed by atoms with Crippen LogP contribution in [0.1, 0.15) is 36.6 Å². The number of hydrogen-bond donors (Lipinski definition) is 1. The Labute approximate surface area is 120 Å². The maximum absolute atomic E-state index is 12.2. The number of rotatable bonds is 1. The van der Waals surface area contributed by atoms with Crippen molar-refractivity contribution in [1.82, 2.24) is 10.2 Å².